The minimum Gasteiger partial charge on any atom is -0.493 e. The summed E-state index contributed by atoms with van der Waals surface area (Å²) in [5.74, 6) is -0.382. The maximum atomic E-state index is 13.6. The number of rotatable bonds is 4. The van der Waals surface area contributed by atoms with Gasteiger partial charge in [-0.15, -0.1) is 0 Å². The third-order valence-corrected chi connectivity index (χ3v) is 7.91. The molecule has 1 fully saturated rings. The number of carbonyl (C=O) groups excluding carboxylic acids is 3. The van der Waals surface area contributed by atoms with Crippen molar-refractivity contribution in [1.82, 2.24) is 19.6 Å². The molecule has 0 aliphatic carbocycles. The number of para-hydroxylation sites is 1. The molecule has 0 spiro atoms. The van der Waals surface area contributed by atoms with E-state index in [1.807, 2.05) is 34.2 Å². The molecule has 7 rings (SSSR count). The summed E-state index contributed by atoms with van der Waals surface area (Å²) < 4.78 is 7.16. The molecule has 1 N–H and O–H groups in total. The van der Waals surface area contributed by atoms with Crippen LogP contribution in [0.5, 0.6) is 5.75 Å². The first-order valence-corrected chi connectivity index (χ1v) is 13.1. The minimum absolute atomic E-state index is 0.110. The lowest BCUT2D eigenvalue weighted by molar-refractivity contribution is -0.133. The van der Waals surface area contributed by atoms with Crippen LogP contribution in [-0.4, -0.2) is 64.0 Å². The van der Waals surface area contributed by atoms with Gasteiger partial charge in [0.15, 0.2) is 11.4 Å². The fourth-order valence-corrected chi connectivity index (χ4v) is 6.13. The second-order valence-electron chi connectivity index (χ2n) is 10.0. The summed E-state index contributed by atoms with van der Waals surface area (Å²) in [5.41, 5.74) is 4.30. The molecule has 0 radical (unpaired) electrons. The lowest BCUT2D eigenvalue weighted by Gasteiger charge is -2.32. The third-order valence-electron chi connectivity index (χ3n) is 7.91. The zero-order chi connectivity index (χ0) is 26.7. The van der Waals surface area contributed by atoms with Crippen LogP contribution in [-0.2, 0) is 20.8 Å². The number of nitrogens with one attached hydrogen (secondary N) is 1. The van der Waals surface area contributed by atoms with Crippen molar-refractivity contribution in [3.05, 3.63) is 77.5 Å². The average Bonchev–Trinajstić information content (AvgIpc) is 3.59. The number of aromatic nitrogens is 2. The molecule has 196 valence electrons. The van der Waals surface area contributed by atoms with E-state index in [1.165, 1.54) is 0 Å². The van der Waals surface area contributed by atoms with Gasteiger partial charge in [-0.05, 0) is 37.0 Å². The Morgan fingerprint density at radius 2 is 1.87 bits per heavy atom. The van der Waals surface area contributed by atoms with Crippen LogP contribution >= 0.6 is 0 Å². The number of amides is 3. The van der Waals surface area contributed by atoms with Crippen LogP contribution in [0.2, 0.25) is 0 Å². The topological polar surface area (TPSA) is 109 Å². The summed E-state index contributed by atoms with van der Waals surface area (Å²) >= 11 is 0. The molecule has 3 amide bonds. The number of methoxy groups -OCH3 is 1. The van der Waals surface area contributed by atoms with Gasteiger partial charge in [0, 0.05) is 43.7 Å². The van der Waals surface area contributed by atoms with E-state index >= 15 is 0 Å². The minimum atomic E-state index is -0.523. The van der Waals surface area contributed by atoms with Crippen LogP contribution in [0.15, 0.2) is 65.7 Å². The Hall–Kier alpha value is -4.73. The number of imide groups is 1. The Bertz CT molecular complexity index is 1660. The summed E-state index contributed by atoms with van der Waals surface area (Å²) in [6.07, 6.45) is 10.5. The molecule has 1 aromatic carbocycles. The van der Waals surface area contributed by atoms with Crippen molar-refractivity contribution < 1.29 is 19.1 Å². The van der Waals surface area contributed by atoms with Gasteiger partial charge in [0.2, 0.25) is 5.91 Å². The molecule has 3 aromatic rings. The molecule has 39 heavy (non-hydrogen) atoms. The average molecular weight is 523 g/mol. The molecule has 1 atom stereocenters. The maximum absolute atomic E-state index is 13.6. The highest BCUT2D eigenvalue weighted by Gasteiger charge is 2.42. The Labute approximate surface area is 224 Å². The second-order valence-corrected chi connectivity index (χ2v) is 10.0. The highest BCUT2D eigenvalue weighted by Crippen LogP contribution is 2.41. The Morgan fingerprint density at radius 1 is 1.05 bits per heavy atom. The highest BCUT2D eigenvalue weighted by molar-refractivity contribution is 6.47. The number of piperidine rings is 1. The number of benzene rings is 1. The van der Waals surface area contributed by atoms with Crippen molar-refractivity contribution in [3.8, 4) is 5.75 Å². The normalized spacial score (nSPS) is 20.3. The van der Waals surface area contributed by atoms with E-state index in [0.29, 0.717) is 34.8 Å². The van der Waals surface area contributed by atoms with Crippen LogP contribution in [0.3, 0.4) is 0 Å². The number of anilines is 1. The number of aliphatic imine (C=N–C) groups is 1. The summed E-state index contributed by atoms with van der Waals surface area (Å²) in [7, 11) is 1.55. The first-order chi connectivity index (χ1) is 19.1. The third kappa shape index (κ3) is 3.51. The predicted molar refractivity (Wildman–Crippen MR) is 144 cm³/mol. The first kappa shape index (κ1) is 23.4. The Balaban J connectivity index is 1.35. The summed E-state index contributed by atoms with van der Waals surface area (Å²) in [5, 5.41) is 2.45. The summed E-state index contributed by atoms with van der Waals surface area (Å²) in [4.78, 5) is 53.2. The van der Waals surface area contributed by atoms with Crippen molar-refractivity contribution in [2.45, 2.75) is 31.7 Å². The van der Waals surface area contributed by atoms with Gasteiger partial charge in [-0.1, -0.05) is 18.2 Å². The van der Waals surface area contributed by atoms with Crippen LogP contribution in [0.25, 0.3) is 11.2 Å². The molecule has 1 saturated heterocycles. The van der Waals surface area contributed by atoms with E-state index in [0.717, 1.165) is 43.6 Å². The fourth-order valence-electron chi connectivity index (χ4n) is 6.13. The largest absolute Gasteiger partial charge is 0.493 e. The van der Waals surface area contributed by atoms with Crippen LogP contribution in [0.4, 0.5) is 5.69 Å². The van der Waals surface area contributed by atoms with Gasteiger partial charge in [-0.3, -0.25) is 29.1 Å². The Kier molecular flexibility index (Phi) is 5.36. The molecule has 4 aliphatic heterocycles. The quantitative estimate of drug-likeness (QED) is 0.528. The fraction of sp³-hybridized carbons (Fsp3) is 0.276. The molecule has 2 aromatic heterocycles. The number of ether oxygens (including phenoxy) is 1. The monoisotopic (exact) mass is 522 g/mol. The van der Waals surface area contributed by atoms with E-state index in [4.69, 9.17) is 4.74 Å². The lowest BCUT2D eigenvalue weighted by atomic mass is 9.94. The van der Waals surface area contributed by atoms with Crippen molar-refractivity contribution in [2.75, 3.05) is 25.1 Å². The number of imidazole rings is 1. The number of pyridine rings is 1. The zero-order valence-electron chi connectivity index (χ0n) is 21.4. The van der Waals surface area contributed by atoms with E-state index in [2.05, 4.69) is 15.3 Å². The number of fused-ring (bicyclic) bond motifs is 1. The number of likely N-dealkylation sites (tertiary alicyclic amines) is 1. The summed E-state index contributed by atoms with van der Waals surface area (Å²) in [6, 6.07) is 9.02. The summed E-state index contributed by atoms with van der Waals surface area (Å²) in [6.45, 7) is 1.56. The molecule has 10 heteroatoms. The molecule has 6 heterocycles. The van der Waals surface area contributed by atoms with Crippen molar-refractivity contribution in [1.29, 1.82) is 0 Å². The number of carbonyl (C=O) groups is 3. The predicted octanol–water partition coefficient (Wildman–Crippen LogP) is 2.47. The molecule has 4 aliphatic rings. The number of hydrogen-bond acceptors (Lipinski definition) is 7. The van der Waals surface area contributed by atoms with Gasteiger partial charge in [-0.25, -0.2) is 4.98 Å². The van der Waals surface area contributed by atoms with Crippen LogP contribution < -0.4 is 15.0 Å². The van der Waals surface area contributed by atoms with E-state index in [-0.39, 0.29) is 23.1 Å². The van der Waals surface area contributed by atoms with Crippen molar-refractivity contribution in [3.63, 3.8) is 0 Å². The highest BCUT2D eigenvalue weighted by atomic mass is 16.5. The van der Waals surface area contributed by atoms with Crippen LogP contribution in [0, 0.1) is 0 Å². The first-order valence-electron chi connectivity index (χ1n) is 13.1. The molecular weight excluding hydrogens is 496 g/mol. The number of nitrogens with zero attached hydrogens (tertiary/aromatic N) is 5. The smallest absolute Gasteiger partial charge is 0.261 e. The molecule has 0 bridgehead atoms. The SMILES string of the molecule is COc1cccn2c(C3=C(C4=NC=CN5c6c(cccc64)CC5C(=O)N4CCCCC4)C(=O)NC3=O)cnc12. The van der Waals surface area contributed by atoms with Gasteiger partial charge >= 0.3 is 0 Å². The van der Waals surface area contributed by atoms with Crippen molar-refractivity contribution >= 4 is 40.3 Å². The standard InChI is InChI=1S/C29H26N6O4/c1-39-21-9-6-13-35-20(16-31-26(21)35)22-23(28(37)32-27(22)36)24-18-8-5-7-17-15-19(34(25(17)18)14-10-30-24)29(38)33-11-3-2-4-12-33/h5-10,13-14,16,19H,2-4,11-12,15H2,1H3,(H,32,36,37). The lowest BCUT2D eigenvalue weighted by Crippen LogP contribution is -2.47. The van der Waals surface area contributed by atoms with E-state index in [1.54, 1.807) is 42.2 Å². The Morgan fingerprint density at radius 3 is 2.69 bits per heavy atom. The van der Waals surface area contributed by atoms with E-state index in [9.17, 15) is 14.4 Å². The van der Waals surface area contributed by atoms with Crippen LogP contribution in [0.1, 0.15) is 36.1 Å². The maximum Gasteiger partial charge on any atom is 0.261 e. The number of hydrogen-bond donors (Lipinski definition) is 1. The van der Waals surface area contributed by atoms with Crippen molar-refractivity contribution in [2.24, 2.45) is 4.99 Å². The van der Waals surface area contributed by atoms with Gasteiger partial charge < -0.3 is 14.5 Å². The molecule has 0 saturated carbocycles. The second kappa shape index (κ2) is 8.93. The molecule has 10 nitrogen and oxygen atoms in total. The molecular formula is C29H26N6O4. The van der Waals surface area contributed by atoms with E-state index < -0.39 is 11.8 Å². The van der Waals surface area contributed by atoms with Gasteiger partial charge in [0.05, 0.1) is 41.5 Å². The molecule has 1 unspecified atom stereocenters. The van der Waals surface area contributed by atoms with Gasteiger partial charge in [0.25, 0.3) is 11.8 Å². The van der Waals surface area contributed by atoms with Gasteiger partial charge in [-0.2, -0.15) is 0 Å². The zero-order valence-corrected chi connectivity index (χ0v) is 21.4. The van der Waals surface area contributed by atoms with Gasteiger partial charge in [0.1, 0.15) is 6.04 Å².